The first-order chi connectivity index (χ1) is 8.56. The zero-order valence-corrected chi connectivity index (χ0v) is 10.7. The molecule has 96 valence electrons. The van der Waals surface area contributed by atoms with E-state index in [9.17, 15) is 4.79 Å². The number of hydrogen-bond donors (Lipinski definition) is 2. The van der Waals surface area contributed by atoms with Crippen LogP contribution in [0.1, 0.15) is 20.8 Å². The zero-order chi connectivity index (χ0) is 13.1. The molecule has 0 aromatic carbocycles. The number of nitrogens with one attached hydrogen (secondary N) is 2. The largest absolute Gasteiger partial charge is 0.359 e. The van der Waals surface area contributed by atoms with E-state index < -0.39 is 0 Å². The van der Waals surface area contributed by atoms with Crippen LogP contribution in [-0.2, 0) is 4.79 Å². The Morgan fingerprint density at radius 3 is 2.83 bits per heavy atom. The van der Waals surface area contributed by atoms with Crippen LogP contribution in [0, 0.1) is 0 Å². The second-order valence-corrected chi connectivity index (χ2v) is 4.48. The average molecular weight is 247 g/mol. The molecule has 18 heavy (non-hydrogen) atoms. The van der Waals surface area contributed by atoms with E-state index in [-0.39, 0.29) is 18.0 Å². The first kappa shape index (κ1) is 12.3. The summed E-state index contributed by atoms with van der Waals surface area (Å²) in [5.41, 5.74) is 0.747. The van der Waals surface area contributed by atoms with E-state index in [4.69, 9.17) is 0 Å². The normalized spacial score (nSPS) is 12.7. The van der Waals surface area contributed by atoms with Gasteiger partial charge in [0.25, 0.3) is 0 Å². The molecule has 1 amide bonds. The fourth-order valence-electron chi connectivity index (χ4n) is 1.59. The molecule has 2 N–H and O–H groups in total. The smallest absolute Gasteiger partial charge is 0.242 e. The van der Waals surface area contributed by atoms with Gasteiger partial charge < -0.3 is 10.6 Å². The Morgan fingerprint density at radius 2 is 2.11 bits per heavy atom. The number of nitrogens with zero attached hydrogens (tertiary/aromatic N) is 3. The molecule has 0 bridgehead atoms. The Labute approximate surface area is 105 Å². The van der Waals surface area contributed by atoms with Gasteiger partial charge in [-0.25, -0.2) is 9.50 Å². The maximum absolute atomic E-state index is 11.8. The Bertz CT molecular complexity index is 548. The number of amides is 1. The third kappa shape index (κ3) is 2.77. The van der Waals surface area contributed by atoms with E-state index in [2.05, 4.69) is 20.7 Å². The molecule has 0 saturated heterocycles. The van der Waals surface area contributed by atoms with E-state index in [0.717, 1.165) is 5.65 Å². The predicted molar refractivity (Wildman–Crippen MR) is 69.4 cm³/mol. The fraction of sp³-hybridized carbons (Fsp3) is 0.417. The van der Waals surface area contributed by atoms with Gasteiger partial charge in [0.05, 0.1) is 6.20 Å². The Hall–Kier alpha value is -2.11. The molecule has 2 heterocycles. The number of aromatic nitrogens is 3. The summed E-state index contributed by atoms with van der Waals surface area (Å²) < 4.78 is 1.67. The molecule has 6 nitrogen and oxygen atoms in total. The molecule has 0 aliphatic carbocycles. The van der Waals surface area contributed by atoms with Gasteiger partial charge in [-0.1, -0.05) is 0 Å². The topological polar surface area (TPSA) is 71.3 Å². The average Bonchev–Trinajstić information content (AvgIpc) is 2.75. The van der Waals surface area contributed by atoms with Crippen LogP contribution < -0.4 is 10.6 Å². The van der Waals surface area contributed by atoms with Crippen molar-refractivity contribution in [2.45, 2.75) is 32.9 Å². The molecule has 0 radical (unpaired) electrons. The second kappa shape index (κ2) is 5.03. The molecule has 2 rings (SSSR count). The highest BCUT2D eigenvalue weighted by Gasteiger charge is 2.13. The van der Waals surface area contributed by atoms with Gasteiger partial charge in [0.15, 0.2) is 5.65 Å². The maximum atomic E-state index is 11.8. The molecule has 0 spiro atoms. The number of hydrogen-bond acceptors (Lipinski definition) is 4. The minimum Gasteiger partial charge on any atom is -0.359 e. The summed E-state index contributed by atoms with van der Waals surface area (Å²) in [5, 5.41) is 9.97. The van der Waals surface area contributed by atoms with Crippen LogP contribution in [0.2, 0.25) is 0 Å². The van der Waals surface area contributed by atoms with Crippen molar-refractivity contribution in [3.8, 4) is 0 Å². The summed E-state index contributed by atoms with van der Waals surface area (Å²) in [5.74, 6) is 0.620. The van der Waals surface area contributed by atoms with Crippen LogP contribution in [0.4, 0.5) is 5.82 Å². The molecule has 0 fully saturated rings. The summed E-state index contributed by atoms with van der Waals surface area (Å²) in [6.45, 7) is 5.67. The van der Waals surface area contributed by atoms with E-state index in [0.29, 0.717) is 5.82 Å². The summed E-state index contributed by atoms with van der Waals surface area (Å²) in [4.78, 5) is 16.1. The second-order valence-electron chi connectivity index (χ2n) is 4.48. The van der Waals surface area contributed by atoms with Crippen LogP contribution in [0.25, 0.3) is 5.65 Å². The lowest BCUT2D eigenvalue weighted by molar-refractivity contribution is -0.122. The van der Waals surface area contributed by atoms with Crippen LogP contribution in [0.5, 0.6) is 0 Å². The van der Waals surface area contributed by atoms with Gasteiger partial charge in [-0.15, -0.1) is 0 Å². The standard InChI is InChI=1S/C12H17N5O/c1-8(2)14-12(18)9(3)15-10-5-7-17-11(16-10)4-6-13-17/h4-9H,1-3H3,(H,14,18)(H,15,16). The minimum atomic E-state index is -0.328. The molecule has 0 aliphatic rings. The third-order valence-electron chi connectivity index (χ3n) is 2.45. The molecule has 2 aromatic rings. The van der Waals surface area contributed by atoms with Crippen molar-refractivity contribution < 1.29 is 4.79 Å². The van der Waals surface area contributed by atoms with Crippen molar-refractivity contribution in [2.24, 2.45) is 0 Å². The number of rotatable bonds is 4. The lowest BCUT2D eigenvalue weighted by atomic mass is 10.3. The predicted octanol–water partition coefficient (Wildman–Crippen LogP) is 1.05. The first-order valence-corrected chi connectivity index (χ1v) is 5.93. The molecule has 1 unspecified atom stereocenters. The van der Waals surface area contributed by atoms with Gasteiger partial charge in [0.2, 0.25) is 5.91 Å². The van der Waals surface area contributed by atoms with E-state index >= 15 is 0 Å². The molecule has 0 saturated carbocycles. The molecular formula is C12H17N5O. The van der Waals surface area contributed by atoms with Crippen LogP contribution in [0.15, 0.2) is 24.5 Å². The van der Waals surface area contributed by atoms with Crippen LogP contribution in [0.3, 0.4) is 0 Å². The lowest BCUT2D eigenvalue weighted by Crippen LogP contribution is -2.41. The molecule has 0 aliphatic heterocycles. The SMILES string of the molecule is CC(C)NC(=O)C(C)Nc1ccn2nccc2n1. The van der Waals surface area contributed by atoms with Gasteiger partial charge >= 0.3 is 0 Å². The van der Waals surface area contributed by atoms with Gasteiger partial charge in [-0.2, -0.15) is 5.10 Å². The Morgan fingerprint density at radius 1 is 1.33 bits per heavy atom. The summed E-state index contributed by atoms with van der Waals surface area (Å²) in [6, 6.07) is 3.40. The van der Waals surface area contributed by atoms with E-state index in [1.165, 1.54) is 0 Å². The monoisotopic (exact) mass is 247 g/mol. The van der Waals surface area contributed by atoms with Crippen molar-refractivity contribution >= 4 is 17.4 Å². The Kier molecular flexibility index (Phi) is 3.45. The van der Waals surface area contributed by atoms with Crippen molar-refractivity contribution in [3.63, 3.8) is 0 Å². The summed E-state index contributed by atoms with van der Waals surface area (Å²) >= 11 is 0. The Balaban J connectivity index is 2.06. The van der Waals surface area contributed by atoms with Crippen LogP contribution >= 0.6 is 0 Å². The van der Waals surface area contributed by atoms with Crippen molar-refractivity contribution in [1.29, 1.82) is 0 Å². The zero-order valence-electron chi connectivity index (χ0n) is 10.7. The number of fused-ring (bicyclic) bond motifs is 1. The molecule has 1 atom stereocenters. The quantitative estimate of drug-likeness (QED) is 0.847. The number of carbonyl (C=O) groups is 1. The molecule has 6 heteroatoms. The minimum absolute atomic E-state index is 0.0415. The number of carbonyl (C=O) groups excluding carboxylic acids is 1. The molecular weight excluding hydrogens is 230 g/mol. The summed E-state index contributed by atoms with van der Waals surface area (Å²) in [6.07, 6.45) is 3.48. The van der Waals surface area contributed by atoms with Gasteiger partial charge in [0, 0.05) is 18.3 Å². The van der Waals surface area contributed by atoms with Crippen molar-refractivity contribution in [3.05, 3.63) is 24.5 Å². The highest BCUT2D eigenvalue weighted by atomic mass is 16.2. The van der Waals surface area contributed by atoms with Gasteiger partial charge in [-0.05, 0) is 26.8 Å². The summed E-state index contributed by atoms with van der Waals surface area (Å²) in [7, 11) is 0. The van der Waals surface area contributed by atoms with Crippen molar-refractivity contribution in [1.82, 2.24) is 19.9 Å². The number of anilines is 1. The van der Waals surface area contributed by atoms with Gasteiger partial charge in [-0.3, -0.25) is 4.79 Å². The highest BCUT2D eigenvalue weighted by molar-refractivity contribution is 5.84. The highest BCUT2D eigenvalue weighted by Crippen LogP contribution is 2.07. The lowest BCUT2D eigenvalue weighted by Gasteiger charge is -2.16. The van der Waals surface area contributed by atoms with Crippen molar-refractivity contribution in [2.75, 3.05) is 5.32 Å². The first-order valence-electron chi connectivity index (χ1n) is 5.93. The fourth-order valence-corrected chi connectivity index (χ4v) is 1.59. The van der Waals surface area contributed by atoms with E-state index in [1.54, 1.807) is 29.9 Å². The van der Waals surface area contributed by atoms with E-state index in [1.807, 2.05) is 19.9 Å². The molecule has 2 aromatic heterocycles. The third-order valence-corrected chi connectivity index (χ3v) is 2.45. The van der Waals surface area contributed by atoms with Crippen LogP contribution in [-0.4, -0.2) is 32.6 Å². The maximum Gasteiger partial charge on any atom is 0.242 e. The van der Waals surface area contributed by atoms with Gasteiger partial charge in [0.1, 0.15) is 11.9 Å².